The van der Waals surface area contributed by atoms with Crippen LogP contribution in [0.5, 0.6) is 5.75 Å². The van der Waals surface area contributed by atoms with Crippen LogP contribution < -0.4 is 15.7 Å². The van der Waals surface area contributed by atoms with E-state index in [0.29, 0.717) is 23.6 Å². The molecule has 1 aromatic heterocycles. The number of amides is 1. The maximum Gasteiger partial charge on any atom is 0.412 e. The number of anilines is 1. The first kappa shape index (κ1) is 20.7. The van der Waals surface area contributed by atoms with Gasteiger partial charge >= 0.3 is 11.7 Å². The fraction of sp³-hybridized carbons (Fsp3) is 0.280. The summed E-state index contributed by atoms with van der Waals surface area (Å²) in [6, 6.07) is 15.9. The lowest BCUT2D eigenvalue weighted by Gasteiger charge is -2.16. The van der Waals surface area contributed by atoms with E-state index < -0.39 is 11.7 Å². The summed E-state index contributed by atoms with van der Waals surface area (Å²) in [4.78, 5) is 23.6. The Balaban J connectivity index is 1.30. The molecule has 160 valence electrons. The molecule has 0 fully saturated rings. The minimum absolute atomic E-state index is 0.167. The van der Waals surface area contributed by atoms with Gasteiger partial charge in [0, 0.05) is 23.2 Å². The smallest absolute Gasteiger partial charge is 0.412 e. The van der Waals surface area contributed by atoms with E-state index >= 15 is 0 Å². The summed E-state index contributed by atoms with van der Waals surface area (Å²) in [6.07, 6.45) is 8.80. The van der Waals surface area contributed by atoms with Gasteiger partial charge in [-0.3, -0.25) is 5.32 Å². The predicted octanol–water partition coefficient (Wildman–Crippen LogP) is 5.81. The Morgan fingerprint density at radius 1 is 1.03 bits per heavy atom. The number of nitrogens with one attached hydrogen (secondary N) is 1. The molecule has 0 saturated heterocycles. The van der Waals surface area contributed by atoms with E-state index in [2.05, 4.69) is 11.4 Å². The van der Waals surface area contributed by atoms with Gasteiger partial charge in [-0.15, -0.1) is 0 Å². The molecule has 1 aliphatic rings. The summed E-state index contributed by atoms with van der Waals surface area (Å²) in [7, 11) is 0. The number of hydrogen-bond donors (Lipinski definition) is 1. The van der Waals surface area contributed by atoms with Crippen LogP contribution in [0.15, 0.2) is 76.0 Å². The number of carbonyl (C=O) groups is 1. The maximum absolute atomic E-state index is 12.2. The van der Waals surface area contributed by atoms with E-state index in [1.54, 1.807) is 12.1 Å². The molecular formula is C25H25NO5. The van der Waals surface area contributed by atoms with Crippen molar-refractivity contribution in [2.24, 2.45) is 0 Å². The first-order chi connectivity index (χ1) is 15.2. The molecule has 0 spiro atoms. The van der Waals surface area contributed by atoms with Gasteiger partial charge in [0.15, 0.2) is 0 Å². The Hall–Kier alpha value is -3.54. The van der Waals surface area contributed by atoms with Gasteiger partial charge < -0.3 is 13.9 Å². The monoisotopic (exact) mass is 419 g/mol. The zero-order valence-corrected chi connectivity index (χ0v) is 17.2. The van der Waals surface area contributed by atoms with Crippen LogP contribution in [0, 0.1) is 0 Å². The Kier molecular flexibility index (Phi) is 6.67. The first-order valence-electron chi connectivity index (χ1n) is 10.6. The molecule has 31 heavy (non-hydrogen) atoms. The van der Waals surface area contributed by atoms with E-state index in [0.717, 1.165) is 30.2 Å². The van der Waals surface area contributed by atoms with E-state index in [1.807, 2.05) is 42.5 Å². The second kappa shape index (κ2) is 9.98. The third-order valence-electron chi connectivity index (χ3n) is 5.17. The Labute approximate surface area is 180 Å². The number of benzene rings is 2. The molecule has 2 aromatic carbocycles. The van der Waals surface area contributed by atoms with E-state index in [9.17, 15) is 9.59 Å². The lowest BCUT2D eigenvalue weighted by molar-refractivity contribution is 0.127. The molecular weight excluding hydrogens is 394 g/mol. The summed E-state index contributed by atoms with van der Waals surface area (Å²) in [6.45, 7) is 0.347. The number of hydrogen-bond acceptors (Lipinski definition) is 5. The van der Waals surface area contributed by atoms with Gasteiger partial charge in [0.1, 0.15) is 24.0 Å². The molecule has 1 N–H and O–H groups in total. The van der Waals surface area contributed by atoms with Crippen LogP contribution in [-0.4, -0.2) is 12.2 Å². The third-order valence-corrected chi connectivity index (χ3v) is 5.17. The number of carbonyl (C=O) groups excluding carboxylic acids is 1. The number of ether oxygens (including phenoxy) is 2. The van der Waals surface area contributed by atoms with Crippen LogP contribution in [0.4, 0.5) is 10.5 Å². The predicted molar refractivity (Wildman–Crippen MR) is 119 cm³/mol. The molecule has 4 rings (SSSR count). The standard InChI is InChI=1S/C25H25NO5/c27-24-15-11-19-10-14-22(16-23(19)31-24)29-17-18-8-12-20(13-9-18)26-25(28)30-21-6-4-2-1-3-5-7-21/h4,6,8-16,21H,1-3,5,7,17H2,(H,26,28)/b6-4-. The molecule has 1 heterocycles. The topological polar surface area (TPSA) is 77.8 Å². The average Bonchev–Trinajstić information content (AvgIpc) is 2.75. The van der Waals surface area contributed by atoms with Crippen molar-refractivity contribution in [3.8, 4) is 5.75 Å². The second-order valence-corrected chi connectivity index (χ2v) is 7.57. The summed E-state index contributed by atoms with van der Waals surface area (Å²) in [5.74, 6) is 0.611. The molecule has 0 radical (unpaired) electrons. The van der Waals surface area contributed by atoms with E-state index in [-0.39, 0.29) is 6.10 Å². The van der Waals surface area contributed by atoms with Gasteiger partial charge in [-0.2, -0.15) is 0 Å². The molecule has 0 saturated carbocycles. The maximum atomic E-state index is 12.2. The molecule has 1 aliphatic carbocycles. The largest absolute Gasteiger partial charge is 0.489 e. The molecule has 0 aliphatic heterocycles. The molecule has 0 bridgehead atoms. The van der Waals surface area contributed by atoms with Crippen molar-refractivity contribution in [2.45, 2.75) is 44.8 Å². The molecule has 6 nitrogen and oxygen atoms in total. The zero-order valence-electron chi connectivity index (χ0n) is 17.2. The van der Waals surface area contributed by atoms with E-state index in [4.69, 9.17) is 13.9 Å². The van der Waals surface area contributed by atoms with Crippen molar-refractivity contribution >= 4 is 22.7 Å². The Morgan fingerprint density at radius 2 is 1.87 bits per heavy atom. The number of allylic oxidation sites excluding steroid dienone is 1. The van der Waals surface area contributed by atoms with Crippen molar-refractivity contribution in [2.75, 3.05) is 5.32 Å². The SMILES string of the molecule is O=C(Nc1ccc(COc2ccc3ccc(=O)oc3c2)cc1)OC1/C=C\CCCCC1. The van der Waals surface area contributed by atoms with Crippen molar-refractivity contribution in [1.82, 2.24) is 0 Å². The lowest BCUT2D eigenvalue weighted by Crippen LogP contribution is -2.21. The first-order valence-corrected chi connectivity index (χ1v) is 10.6. The van der Waals surface area contributed by atoms with E-state index in [1.165, 1.54) is 18.9 Å². The van der Waals surface area contributed by atoms with Gasteiger partial charge in [-0.1, -0.05) is 24.6 Å². The van der Waals surface area contributed by atoms with Crippen molar-refractivity contribution in [1.29, 1.82) is 0 Å². The molecule has 1 atom stereocenters. The summed E-state index contributed by atoms with van der Waals surface area (Å²) >= 11 is 0. The van der Waals surface area contributed by atoms with Gasteiger partial charge in [0.25, 0.3) is 0 Å². The molecule has 6 heteroatoms. The summed E-state index contributed by atoms with van der Waals surface area (Å²) in [5.41, 5.74) is 1.70. The van der Waals surface area contributed by atoms with Crippen LogP contribution in [0.2, 0.25) is 0 Å². The quantitative estimate of drug-likeness (QED) is 0.417. The van der Waals surface area contributed by atoms with Crippen LogP contribution in [-0.2, 0) is 11.3 Å². The third kappa shape index (κ3) is 5.98. The minimum Gasteiger partial charge on any atom is -0.489 e. The average molecular weight is 419 g/mol. The highest BCUT2D eigenvalue weighted by atomic mass is 16.6. The fourth-order valence-electron chi connectivity index (χ4n) is 3.49. The Morgan fingerprint density at radius 3 is 2.74 bits per heavy atom. The van der Waals surface area contributed by atoms with Gasteiger partial charge in [0.2, 0.25) is 0 Å². The van der Waals surface area contributed by atoms with Crippen molar-refractivity contribution in [3.05, 3.63) is 82.7 Å². The normalized spacial score (nSPS) is 17.4. The lowest BCUT2D eigenvalue weighted by atomic mass is 10.0. The van der Waals surface area contributed by atoms with Crippen LogP contribution in [0.1, 0.15) is 37.7 Å². The minimum atomic E-state index is -0.447. The second-order valence-electron chi connectivity index (χ2n) is 7.57. The van der Waals surface area contributed by atoms with Gasteiger partial charge in [0.05, 0.1) is 0 Å². The Bertz CT molecular complexity index is 1120. The summed E-state index contributed by atoms with van der Waals surface area (Å²) in [5, 5.41) is 3.61. The van der Waals surface area contributed by atoms with Gasteiger partial charge in [-0.25, -0.2) is 9.59 Å². The van der Waals surface area contributed by atoms with Crippen molar-refractivity contribution in [3.63, 3.8) is 0 Å². The molecule has 1 unspecified atom stereocenters. The van der Waals surface area contributed by atoms with Crippen LogP contribution in [0.3, 0.4) is 0 Å². The zero-order chi connectivity index (χ0) is 21.5. The highest BCUT2D eigenvalue weighted by Crippen LogP contribution is 2.21. The van der Waals surface area contributed by atoms with Crippen LogP contribution >= 0.6 is 0 Å². The highest BCUT2D eigenvalue weighted by Gasteiger charge is 2.13. The van der Waals surface area contributed by atoms with Gasteiger partial charge in [-0.05, 0) is 67.7 Å². The fourth-order valence-corrected chi connectivity index (χ4v) is 3.49. The summed E-state index contributed by atoms with van der Waals surface area (Å²) < 4.78 is 16.5. The van der Waals surface area contributed by atoms with Crippen LogP contribution in [0.25, 0.3) is 11.0 Å². The highest BCUT2D eigenvalue weighted by molar-refractivity contribution is 5.84. The molecule has 3 aromatic rings. The number of fused-ring (bicyclic) bond motifs is 1. The molecule has 1 amide bonds. The van der Waals surface area contributed by atoms with Crippen molar-refractivity contribution < 1.29 is 18.7 Å². The number of rotatable bonds is 5.